The van der Waals surface area contributed by atoms with Crippen LogP contribution < -0.4 is 0 Å². The monoisotopic (exact) mass is 968 g/mol. The lowest BCUT2D eigenvalue weighted by Crippen LogP contribution is -2.60. The molecule has 0 bridgehead atoms. The van der Waals surface area contributed by atoms with Crippen LogP contribution >= 0.6 is 0 Å². The van der Waals surface area contributed by atoms with Crippen molar-refractivity contribution in [2.75, 3.05) is 159 Å². The molecule has 0 aliphatic carbocycles. The van der Waals surface area contributed by atoms with E-state index in [-0.39, 0.29) is 6.29 Å². The highest BCUT2D eigenvalue weighted by molar-refractivity contribution is 6.90. The van der Waals surface area contributed by atoms with Gasteiger partial charge in [0.15, 0.2) is 22.9 Å². The lowest BCUT2D eigenvalue weighted by atomic mass is 10.5. The van der Waals surface area contributed by atoms with Gasteiger partial charge in [-0.3, -0.25) is 0 Å². The molecule has 366 valence electrons. The van der Waals surface area contributed by atoms with Gasteiger partial charge in [0.05, 0.1) is 132 Å². The highest BCUT2D eigenvalue weighted by Gasteiger charge is 2.48. The third kappa shape index (κ3) is 40.4. The summed E-state index contributed by atoms with van der Waals surface area (Å²) >= 11 is 0. The van der Waals surface area contributed by atoms with Crippen LogP contribution in [0.5, 0.6) is 0 Å². The molecule has 3 atom stereocenters. The summed E-state index contributed by atoms with van der Waals surface area (Å²) in [5, 5.41) is 0. The molecule has 0 aromatic carbocycles. The van der Waals surface area contributed by atoms with Gasteiger partial charge < -0.3 is 78.0 Å². The molecule has 1 aliphatic rings. The van der Waals surface area contributed by atoms with E-state index in [0.717, 1.165) is 24.9 Å². The van der Waals surface area contributed by atoms with E-state index in [1.807, 2.05) is 0 Å². The van der Waals surface area contributed by atoms with Gasteiger partial charge in [-0.1, -0.05) is 0 Å². The van der Waals surface area contributed by atoms with Gasteiger partial charge in [-0.05, 0) is 90.4 Å². The fourth-order valence-corrected chi connectivity index (χ4v) is 29.8. The summed E-state index contributed by atoms with van der Waals surface area (Å²) in [5.74, 6) is 0. The maximum Gasteiger partial charge on any atom is 0.317 e. The second kappa shape index (κ2) is 35.6. The normalized spacial score (nSPS) is 16.9. The number of hydrogen-bond acceptors (Lipinski definition) is 17. The zero-order valence-corrected chi connectivity index (χ0v) is 45.1. The molecule has 1 fully saturated rings. The molecule has 1 heterocycles. The summed E-state index contributed by atoms with van der Waals surface area (Å²) in [6.07, 6.45) is 1.64. The Labute approximate surface area is 374 Å². The van der Waals surface area contributed by atoms with Gasteiger partial charge in [0.25, 0.3) is 0 Å². The predicted molar refractivity (Wildman–Crippen MR) is 246 cm³/mol. The van der Waals surface area contributed by atoms with E-state index < -0.39 is 42.3 Å². The van der Waals surface area contributed by atoms with E-state index in [2.05, 4.69) is 65.5 Å². The van der Waals surface area contributed by atoms with Crippen LogP contribution in [0.2, 0.25) is 77.6 Å². The molecule has 0 saturated carbocycles. The standard InChI is InChI=1S/C39H88O17Si5/c1-40-16-17-42-20-21-44-24-25-46-28-29-48-32-33-50-35-34-49-31-30-47-27-26-45-23-22-43-19-18-41-14-12-36-61(11,55-59(8,9)53-57(2,3)4)56-60(10,54-58(5,6)7)37-13-15-51-39-38-52-39/h39H,12-38H2,1-11H3. The minimum Gasteiger partial charge on any atom is -0.437 e. The molecule has 0 spiro atoms. The second-order valence-electron chi connectivity index (χ2n) is 17.3. The van der Waals surface area contributed by atoms with Crippen molar-refractivity contribution in [3.05, 3.63) is 0 Å². The Morgan fingerprint density at radius 1 is 0.361 bits per heavy atom. The minimum absolute atomic E-state index is 0.0450. The largest absolute Gasteiger partial charge is 0.437 e. The van der Waals surface area contributed by atoms with E-state index in [1.165, 1.54) is 0 Å². The topological polar surface area (TPSA) is 160 Å². The predicted octanol–water partition coefficient (Wildman–Crippen LogP) is 5.53. The molecule has 0 N–H and O–H groups in total. The molecule has 0 aromatic rings. The molecule has 0 amide bonds. The Balaban J connectivity index is 2.08. The minimum atomic E-state index is -2.73. The third-order valence-corrected chi connectivity index (χ3v) is 26.3. The molecule has 1 rings (SSSR count). The summed E-state index contributed by atoms with van der Waals surface area (Å²) < 4.78 is 99.1. The van der Waals surface area contributed by atoms with E-state index in [9.17, 15) is 0 Å². The first-order chi connectivity index (χ1) is 29.0. The zero-order chi connectivity index (χ0) is 45.2. The second-order valence-corrected chi connectivity index (χ2v) is 37.3. The van der Waals surface area contributed by atoms with Gasteiger partial charge in [0, 0.05) is 20.3 Å². The van der Waals surface area contributed by atoms with Crippen LogP contribution in [0.15, 0.2) is 0 Å². The van der Waals surface area contributed by atoms with Crippen molar-refractivity contribution in [2.24, 2.45) is 0 Å². The first kappa shape index (κ1) is 59.4. The van der Waals surface area contributed by atoms with Crippen LogP contribution in [0.3, 0.4) is 0 Å². The number of ether oxygens (including phenoxy) is 13. The lowest BCUT2D eigenvalue weighted by molar-refractivity contribution is -0.0270. The molecular formula is C39H88O17Si5. The third-order valence-electron chi connectivity index (χ3n) is 8.05. The van der Waals surface area contributed by atoms with E-state index in [4.69, 9.17) is 78.0 Å². The van der Waals surface area contributed by atoms with Gasteiger partial charge in [0.1, 0.15) is 6.61 Å². The maximum atomic E-state index is 7.17. The summed E-state index contributed by atoms with van der Waals surface area (Å²) in [4.78, 5) is 0. The molecule has 1 saturated heterocycles. The summed E-state index contributed by atoms with van der Waals surface area (Å²) in [5.41, 5.74) is 0. The van der Waals surface area contributed by atoms with Gasteiger partial charge >= 0.3 is 25.7 Å². The van der Waals surface area contributed by atoms with Crippen molar-refractivity contribution >= 4 is 42.3 Å². The van der Waals surface area contributed by atoms with Gasteiger partial charge in [-0.25, -0.2) is 0 Å². The van der Waals surface area contributed by atoms with E-state index >= 15 is 0 Å². The molecular weight excluding hydrogens is 881 g/mol. The first-order valence-electron chi connectivity index (χ1n) is 22.3. The van der Waals surface area contributed by atoms with E-state index in [1.54, 1.807) is 7.11 Å². The quantitative estimate of drug-likeness (QED) is 0.0425. The molecule has 0 aromatic heterocycles. The van der Waals surface area contributed by atoms with E-state index in [0.29, 0.717) is 152 Å². The van der Waals surface area contributed by atoms with Crippen molar-refractivity contribution in [3.63, 3.8) is 0 Å². The summed E-state index contributed by atoms with van der Waals surface area (Å²) in [6, 6.07) is 1.63. The van der Waals surface area contributed by atoms with Crippen molar-refractivity contribution in [3.8, 4) is 0 Å². The Kier molecular flexibility index (Phi) is 34.7. The molecule has 61 heavy (non-hydrogen) atoms. The molecule has 22 heteroatoms. The summed E-state index contributed by atoms with van der Waals surface area (Å²) in [7, 11) is -9.86. The van der Waals surface area contributed by atoms with Crippen LogP contribution in [-0.4, -0.2) is 208 Å². The SMILES string of the molecule is COCCOCCOCCOCCOCCOCCOCCOCCOCCOCCOCCC[Si](C)(O[Si](C)(C)O[Si](C)(C)C)O[Si](C)(CCCOC1CO1)O[Si](C)(C)C. The smallest absolute Gasteiger partial charge is 0.317 e. The average Bonchev–Trinajstić information content (AvgIpc) is 3.98. The Morgan fingerprint density at radius 2 is 0.656 bits per heavy atom. The molecule has 1 aliphatic heterocycles. The molecule has 17 nitrogen and oxygen atoms in total. The van der Waals surface area contributed by atoms with Crippen LogP contribution in [0.25, 0.3) is 0 Å². The van der Waals surface area contributed by atoms with Gasteiger partial charge in [-0.15, -0.1) is 0 Å². The highest BCUT2D eigenvalue weighted by Crippen LogP contribution is 2.32. The van der Waals surface area contributed by atoms with Crippen molar-refractivity contribution in [1.29, 1.82) is 0 Å². The van der Waals surface area contributed by atoms with Gasteiger partial charge in [0.2, 0.25) is 0 Å². The number of epoxide rings is 1. The fourth-order valence-electron chi connectivity index (χ4n) is 6.09. The van der Waals surface area contributed by atoms with Crippen LogP contribution in [0.1, 0.15) is 12.8 Å². The Hall–Kier alpha value is 0.404. The molecule has 3 unspecified atom stereocenters. The zero-order valence-electron chi connectivity index (χ0n) is 40.1. The number of hydrogen-bond donors (Lipinski definition) is 0. The number of methoxy groups -OCH3 is 1. The van der Waals surface area contributed by atoms with Crippen molar-refractivity contribution in [2.45, 2.75) is 96.7 Å². The number of rotatable bonds is 47. The van der Waals surface area contributed by atoms with Crippen LogP contribution in [0, 0.1) is 0 Å². The average molecular weight is 970 g/mol. The lowest BCUT2D eigenvalue weighted by Gasteiger charge is -2.44. The van der Waals surface area contributed by atoms with Crippen molar-refractivity contribution in [1.82, 2.24) is 0 Å². The summed E-state index contributed by atoms with van der Waals surface area (Å²) in [6.45, 7) is 34.3. The van der Waals surface area contributed by atoms with Crippen molar-refractivity contribution < 1.29 is 78.0 Å². The Morgan fingerprint density at radius 3 is 0.967 bits per heavy atom. The van der Waals surface area contributed by atoms with Crippen LogP contribution in [0.4, 0.5) is 0 Å². The van der Waals surface area contributed by atoms with Crippen LogP contribution in [-0.2, 0) is 78.0 Å². The molecule has 0 radical (unpaired) electrons. The maximum absolute atomic E-state index is 7.17. The Bertz CT molecular complexity index is 1010. The van der Waals surface area contributed by atoms with Gasteiger partial charge in [-0.2, -0.15) is 0 Å². The fraction of sp³-hybridized carbons (Fsp3) is 1.00. The first-order valence-corrected chi connectivity index (χ1v) is 36.9. The highest BCUT2D eigenvalue weighted by atomic mass is 28.5.